The highest BCUT2D eigenvalue weighted by atomic mass is 32.1. The Labute approximate surface area is 160 Å². The van der Waals surface area contributed by atoms with E-state index in [9.17, 15) is 14.4 Å². The molecular formula is C18H22N4O4S. The molecule has 0 atom stereocenters. The van der Waals surface area contributed by atoms with Crippen LogP contribution in [0.3, 0.4) is 0 Å². The van der Waals surface area contributed by atoms with Crippen molar-refractivity contribution in [2.45, 2.75) is 25.8 Å². The lowest BCUT2D eigenvalue weighted by atomic mass is 10.2. The monoisotopic (exact) mass is 390 g/mol. The molecule has 0 bridgehead atoms. The van der Waals surface area contributed by atoms with Crippen molar-refractivity contribution in [2.24, 2.45) is 0 Å². The van der Waals surface area contributed by atoms with Crippen LogP contribution in [0.1, 0.15) is 16.9 Å². The van der Waals surface area contributed by atoms with E-state index < -0.39 is 0 Å². The van der Waals surface area contributed by atoms with Gasteiger partial charge in [-0.3, -0.25) is 19.0 Å². The van der Waals surface area contributed by atoms with E-state index in [0.717, 1.165) is 29.7 Å². The lowest BCUT2D eigenvalue weighted by molar-refractivity contribution is -0.142. The number of fused-ring (bicyclic) bond motifs is 3. The molecule has 3 heterocycles. The second-order valence-corrected chi connectivity index (χ2v) is 8.04. The summed E-state index contributed by atoms with van der Waals surface area (Å²) in [7, 11) is 1.58. The summed E-state index contributed by atoms with van der Waals surface area (Å²) in [6.07, 6.45) is 4.40. The number of ether oxygens (including phenoxy) is 1. The zero-order chi connectivity index (χ0) is 19.0. The number of rotatable bonds is 4. The molecule has 1 fully saturated rings. The molecule has 0 N–H and O–H groups in total. The van der Waals surface area contributed by atoms with Gasteiger partial charge in [-0.2, -0.15) is 0 Å². The molecule has 144 valence electrons. The predicted octanol–water partition coefficient (Wildman–Crippen LogP) is 0.264. The number of thiophene rings is 1. The first-order valence-corrected chi connectivity index (χ1v) is 9.95. The largest absolute Gasteiger partial charge is 0.378 e. The molecule has 1 saturated heterocycles. The summed E-state index contributed by atoms with van der Waals surface area (Å²) >= 11 is 1.58. The summed E-state index contributed by atoms with van der Waals surface area (Å²) in [5, 5.41) is 0.662. The zero-order valence-corrected chi connectivity index (χ0v) is 16.1. The van der Waals surface area contributed by atoms with Gasteiger partial charge in [0.2, 0.25) is 11.8 Å². The molecule has 8 nitrogen and oxygen atoms in total. The average molecular weight is 390 g/mol. The third kappa shape index (κ3) is 3.49. The summed E-state index contributed by atoms with van der Waals surface area (Å²) in [6.45, 7) is 2.02. The number of aryl methyl sites for hydroxylation is 2. The highest BCUT2D eigenvalue weighted by Crippen LogP contribution is 2.34. The Bertz CT molecular complexity index is 945. The molecular weight excluding hydrogens is 368 g/mol. The Kier molecular flexibility index (Phi) is 4.96. The minimum atomic E-state index is -0.285. The van der Waals surface area contributed by atoms with Crippen LogP contribution in [-0.2, 0) is 33.7 Å². The van der Waals surface area contributed by atoms with Crippen molar-refractivity contribution in [3.63, 3.8) is 0 Å². The Hall–Kier alpha value is -2.26. The van der Waals surface area contributed by atoms with Crippen LogP contribution in [0.15, 0.2) is 11.1 Å². The average Bonchev–Trinajstić information content (AvgIpc) is 3.25. The number of hydrogen-bond acceptors (Lipinski definition) is 6. The zero-order valence-electron chi connectivity index (χ0n) is 15.3. The molecule has 4 rings (SSSR count). The maximum absolute atomic E-state index is 12.8. The fourth-order valence-electron chi connectivity index (χ4n) is 3.60. The first-order chi connectivity index (χ1) is 13.0. The highest BCUT2D eigenvalue weighted by molar-refractivity contribution is 7.18. The molecule has 2 aromatic heterocycles. The molecule has 0 saturated carbocycles. The standard InChI is InChI=1S/C18H22N4O4S/c1-20(9-15(24)21-5-7-26-8-6-21)14(23)10-22-11-19-17-16(18(22)25)12-3-2-4-13(12)27-17/h11H,2-10H2,1H3. The molecule has 2 amide bonds. The van der Waals surface area contributed by atoms with Crippen LogP contribution < -0.4 is 5.56 Å². The molecule has 0 unspecified atom stereocenters. The summed E-state index contributed by atoms with van der Waals surface area (Å²) in [5.74, 6) is -0.391. The molecule has 27 heavy (non-hydrogen) atoms. The Morgan fingerprint density at radius 3 is 2.85 bits per heavy atom. The van der Waals surface area contributed by atoms with E-state index in [2.05, 4.69) is 4.98 Å². The highest BCUT2D eigenvalue weighted by Gasteiger charge is 2.23. The van der Waals surface area contributed by atoms with Crippen molar-refractivity contribution >= 4 is 33.4 Å². The number of amides is 2. The lowest BCUT2D eigenvalue weighted by Gasteiger charge is -2.28. The van der Waals surface area contributed by atoms with Crippen LogP contribution in [0.25, 0.3) is 10.2 Å². The van der Waals surface area contributed by atoms with Gasteiger partial charge in [-0.15, -0.1) is 11.3 Å². The van der Waals surface area contributed by atoms with Gasteiger partial charge in [0.25, 0.3) is 5.56 Å². The topological polar surface area (TPSA) is 84.7 Å². The molecule has 9 heteroatoms. The Balaban J connectivity index is 1.46. The smallest absolute Gasteiger partial charge is 0.262 e. The van der Waals surface area contributed by atoms with Gasteiger partial charge in [-0.1, -0.05) is 0 Å². The van der Waals surface area contributed by atoms with Gasteiger partial charge in [-0.25, -0.2) is 4.98 Å². The molecule has 2 aromatic rings. The number of carbonyl (C=O) groups is 2. The van der Waals surface area contributed by atoms with Gasteiger partial charge in [0, 0.05) is 25.0 Å². The third-order valence-corrected chi connectivity index (χ3v) is 6.36. The summed E-state index contributed by atoms with van der Waals surface area (Å²) in [4.78, 5) is 47.1. The van der Waals surface area contributed by atoms with Crippen LogP contribution in [-0.4, -0.2) is 71.1 Å². The number of carbonyl (C=O) groups excluding carboxylic acids is 2. The number of aromatic nitrogens is 2. The van der Waals surface area contributed by atoms with Gasteiger partial charge in [0.05, 0.1) is 31.5 Å². The van der Waals surface area contributed by atoms with Crippen molar-refractivity contribution < 1.29 is 14.3 Å². The van der Waals surface area contributed by atoms with Crippen molar-refractivity contribution in [2.75, 3.05) is 39.9 Å². The van der Waals surface area contributed by atoms with Crippen LogP contribution in [0, 0.1) is 0 Å². The fourth-order valence-corrected chi connectivity index (χ4v) is 4.82. The second kappa shape index (κ2) is 7.40. The third-order valence-electron chi connectivity index (χ3n) is 5.16. The molecule has 1 aliphatic heterocycles. The van der Waals surface area contributed by atoms with E-state index in [1.165, 1.54) is 20.7 Å². The van der Waals surface area contributed by atoms with E-state index in [4.69, 9.17) is 4.74 Å². The molecule has 0 aromatic carbocycles. The normalized spacial score (nSPS) is 16.6. The van der Waals surface area contributed by atoms with E-state index in [1.807, 2.05) is 0 Å². The summed E-state index contributed by atoms with van der Waals surface area (Å²) in [6, 6.07) is 0. The lowest BCUT2D eigenvalue weighted by Crippen LogP contribution is -2.46. The maximum Gasteiger partial charge on any atom is 0.262 e. The quantitative estimate of drug-likeness (QED) is 0.748. The first kappa shape index (κ1) is 18.1. The number of hydrogen-bond donors (Lipinski definition) is 0. The van der Waals surface area contributed by atoms with Gasteiger partial charge in [-0.05, 0) is 24.8 Å². The molecule has 0 radical (unpaired) electrons. The fraction of sp³-hybridized carbons (Fsp3) is 0.556. The van der Waals surface area contributed by atoms with Gasteiger partial charge < -0.3 is 14.5 Å². The number of nitrogens with zero attached hydrogens (tertiary/aromatic N) is 4. The SMILES string of the molecule is CN(CC(=O)N1CCOCC1)C(=O)Cn1cnc2sc3c(c2c1=O)CCC3. The summed E-state index contributed by atoms with van der Waals surface area (Å²) in [5.41, 5.74) is 0.936. The van der Waals surface area contributed by atoms with Crippen LogP contribution in [0.2, 0.25) is 0 Å². The van der Waals surface area contributed by atoms with Crippen LogP contribution >= 0.6 is 11.3 Å². The number of morpholine rings is 1. The van der Waals surface area contributed by atoms with E-state index >= 15 is 0 Å². The van der Waals surface area contributed by atoms with E-state index in [0.29, 0.717) is 31.7 Å². The minimum absolute atomic E-state index is 0.00287. The second-order valence-electron chi connectivity index (χ2n) is 6.96. The Morgan fingerprint density at radius 1 is 1.30 bits per heavy atom. The van der Waals surface area contributed by atoms with Gasteiger partial charge >= 0.3 is 0 Å². The number of likely N-dealkylation sites (N-methyl/N-ethyl adjacent to an activating group) is 1. The van der Waals surface area contributed by atoms with Gasteiger partial charge in [0.1, 0.15) is 11.4 Å². The van der Waals surface area contributed by atoms with E-state index in [1.54, 1.807) is 23.3 Å². The van der Waals surface area contributed by atoms with Crippen molar-refractivity contribution in [3.05, 3.63) is 27.1 Å². The minimum Gasteiger partial charge on any atom is -0.378 e. The Morgan fingerprint density at radius 2 is 2.07 bits per heavy atom. The van der Waals surface area contributed by atoms with Crippen molar-refractivity contribution in [1.29, 1.82) is 0 Å². The van der Waals surface area contributed by atoms with Crippen molar-refractivity contribution in [3.8, 4) is 0 Å². The predicted molar refractivity (Wildman–Crippen MR) is 101 cm³/mol. The van der Waals surface area contributed by atoms with Crippen molar-refractivity contribution in [1.82, 2.24) is 19.4 Å². The first-order valence-electron chi connectivity index (χ1n) is 9.14. The van der Waals surface area contributed by atoms with Gasteiger partial charge in [0.15, 0.2) is 0 Å². The van der Waals surface area contributed by atoms with E-state index in [-0.39, 0.29) is 30.5 Å². The molecule has 0 spiro atoms. The molecule has 1 aliphatic carbocycles. The summed E-state index contributed by atoms with van der Waals surface area (Å²) < 4.78 is 6.59. The van der Waals surface area contributed by atoms with Crippen LogP contribution in [0.4, 0.5) is 0 Å². The van der Waals surface area contributed by atoms with Crippen LogP contribution in [0.5, 0.6) is 0 Å². The maximum atomic E-state index is 12.8. The molecule has 2 aliphatic rings.